The maximum absolute atomic E-state index is 9.71. The maximum Gasteiger partial charge on any atom is 0.119 e. The summed E-state index contributed by atoms with van der Waals surface area (Å²) in [6.45, 7) is 0. The third kappa shape index (κ3) is 3.78. The molecule has 0 radical (unpaired) electrons. The van der Waals surface area contributed by atoms with E-state index in [0.717, 1.165) is 55.6 Å². The lowest BCUT2D eigenvalue weighted by Crippen LogP contribution is -1.96. The minimum absolute atomic E-state index is 0.354. The number of rotatable bonds is 4. The Kier molecular flexibility index (Phi) is 5.72. The molecule has 0 saturated carbocycles. The van der Waals surface area contributed by atoms with Crippen LogP contribution in [-0.2, 0) is 0 Å². The van der Waals surface area contributed by atoms with Crippen LogP contribution in [-0.4, -0.2) is 16.2 Å². The molecule has 44 heavy (non-hydrogen) atoms. The first-order chi connectivity index (χ1) is 21.7. The molecule has 0 N–H and O–H groups in total. The van der Waals surface area contributed by atoms with Crippen LogP contribution < -0.4 is 4.74 Å². The number of nitrogens with zero attached hydrogens (tertiary/aromatic N) is 4. The van der Waals surface area contributed by atoms with Crippen molar-refractivity contribution < 1.29 is 4.74 Å². The van der Waals surface area contributed by atoms with E-state index in [4.69, 9.17) is 4.74 Å². The van der Waals surface area contributed by atoms with E-state index in [-0.39, 0.29) is 0 Å². The molecular weight excluding hydrogens is 540 g/mol. The number of aromatic nitrogens is 2. The highest BCUT2D eigenvalue weighted by Gasteiger charge is 2.17. The SMILES string of the molecule is COc1ccc2c(c1)c1cc(-c3ccc4c5ccccc5n(-c5ccccc5)c4c3)ccc1n2-c1ccc(C#N)c(C#N)c1. The van der Waals surface area contributed by atoms with E-state index in [9.17, 15) is 10.5 Å². The highest BCUT2D eigenvalue weighted by molar-refractivity contribution is 6.12. The minimum atomic E-state index is 0.354. The zero-order chi connectivity index (χ0) is 29.8. The normalized spacial score (nSPS) is 11.2. The number of hydrogen-bond donors (Lipinski definition) is 0. The van der Waals surface area contributed by atoms with Gasteiger partial charge in [0.15, 0.2) is 0 Å². The minimum Gasteiger partial charge on any atom is -0.497 e. The van der Waals surface area contributed by atoms with Crippen molar-refractivity contribution in [2.75, 3.05) is 7.11 Å². The second kappa shape index (κ2) is 9.91. The quantitative estimate of drug-likeness (QED) is 0.214. The number of benzene rings is 6. The number of para-hydroxylation sites is 2. The number of nitriles is 2. The fourth-order valence-corrected chi connectivity index (χ4v) is 6.45. The van der Waals surface area contributed by atoms with Crippen LogP contribution >= 0.6 is 0 Å². The van der Waals surface area contributed by atoms with Crippen molar-refractivity contribution in [3.05, 3.63) is 139 Å². The number of ether oxygens (including phenoxy) is 1. The van der Waals surface area contributed by atoms with Crippen LogP contribution in [0.4, 0.5) is 0 Å². The number of fused-ring (bicyclic) bond motifs is 6. The van der Waals surface area contributed by atoms with E-state index in [1.807, 2.05) is 24.3 Å². The highest BCUT2D eigenvalue weighted by atomic mass is 16.5. The molecule has 2 aromatic heterocycles. The number of hydrogen-bond acceptors (Lipinski definition) is 3. The summed E-state index contributed by atoms with van der Waals surface area (Å²) in [5.74, 6) is 0.772. The van der Waals surface area contributed by atoms with Crippen LogP contribution in [0.2, 0.25) is 0 Å². The maximum atomic E-state index is 9.71. The molecule has 0 unspecified atom stereocenters. The second-order valence-corrected chi connectivity index (χ2v) is 10.8. The van der Waals surface area contributed by atoms with Crippen molar-refractivity contribution >= 4 is 43.6 Å². The smallest absolute Gasteiger partial charge is 0.119 e. The van der Waals surface area contributed by atoms with E-state index in [1.54, 1.807) is 19.2 Å². The molecule has 6 aromatic carbocycles. The first-order valence-corrected chi connectivity index (χ1v) is 14.3. The fraction of sp³-hybridized carbons (Fsp3) is 0.0256. The molecule has 0 bridgehead atoms. The predicted molar refractivity (Wildman–Crippen MR) is 177 cm³/mol. The molecule has 0 spiro atoms. The standard InChI is InChI=1S/C39H24N4O/c1-44-31-15-18-38-35(22-31)34-20-25(13-17-37(34)43(38)30-14-11-27(23-40)28(19-30)24-41)26-12-16-33-32-9-5-6-10-36(32)42(39(33)21-26)29-7-3-2-4-8-29/h2-22H,1H3. The molecule has 0 amide bonds. The molecule has 0 atom stereocenters. The summed E-state index contributed by atoms with van der Waals surface area (Å²) in [5, 5.41) is 23.7. The molecule has 5 heteroatoms. The van der Waals surface area contributed by atoms with E-state index < -0.39 is 0 Å². The topological polar surface area (TPSA) is 66.7 Å². The average molecular weight is 565 g/mol. The predicted octanol–water partition coefficient (Wildman–Crippen LogP) is 9.30. The largest absolute Gasteiger partial charge is 0.497 e. The molecule has 0 saturated heterocycles. The van der Waals surface area contributed by atoms with Gasteiger partial charge >= 0.3 is 0 Å². The van der Waals surface area contributed by atoms with Gasteiger partial charge in [-0.15, -0.1) is 0 Å². The Hall–Kier alpha value is -6.30. The lowest BCUT2D eigenvalue weighted by molar-refractivity contribution is 0.415. The summed E-state index contributed by atoms with van der Waals surface area (Å²) in [6, 6.07) is 48.0. The molecule has 8 aromatic rings. The van der Waals surface area contributed by atoms with Gasteiger partial charge in [0, 0.05) is 32.9 Å². The first-order valence-electron chi connectivity index (χ1n) is 14.3. The monoisotopic (exact) mass is 564 g/mol. The first kappa shape index (κ1) is 25.4. The second-order valence-electron chi connectivity index (χ2n) is 10.8. The zero-order valence-electron chi connectivity index (χ0n) is 23.8. The molecule has 8 rings (SSSR count). The van der Waals surface area contributed by atoms with Gasteiger partial charge in [0.1, 0.15) is 17.9 Å². The van der Waals surface area contributed by atoms with E-state index in [1.165, 1.54) is 16.3 Å². The van der Waals surface area contributed by atoms with Gasteiger partial charge < -0.3 is 13.9 Å². The molecule has 2 heterocycles. The summed E-state index contributed by atoms with van der Waals surface area (Å²) in [7, 11) is 1.67. The van der Waals surface area contributed by atoms with Crippen molar-refractivity contribution in [3.8, 4) is 40.4 Å². The van der Waals surface area contributed by atoms with Crippen LogP contribution in [0.5, 0.6) is 5.75 Å². The number of methoxy groups -OCH3 is 1. The van der Waals surface area contributed by atoms with Crippen molar-refractivity contribution in [2.45, 2.75) is 0 Å². The third-order valence-corrected chi connectivity index (χ3v) is 8.50. The van der Waals surface area contributed by atoms with Gasteiger partial charge in [-0.2, -0.15) is 10.5 Å². The van der Waals surface area contributed by atoms with Crippen molar-refractivity contribution in [1.29, 1.82) is 10.5 Å². The summed E-state index contributed by atoms with van der Waals surface area (Å²) >= 11 is 0. The van der Waals surface area contributed by atoms with Gasteiger partial charge in [0.05, 0.1) is 40.3 Å². The summed E-state index contributed by atoms with van der Waals surface area (Å²) < 4.78 is 10.1. The van der Waals surface area contributed by atoms with Crippen molar-refractivity contribution in [3.63, 3.8) is 0 Å². The molecule has 0 fully saturated rings. The van der Waals surface area contributed by atoms with Crippen molar-refractivity contribution in [2.24, 2.45) is 0 Å². The van der Waals surface area contributed by atoms with Crippen molar-refractivity contribution in [1.82, 2.24) is 9.13 Å². The van der Waals surface area contributed by atoms with E-state index >= 15 is 0 Å². The van der Waals surface area contributed by atoms with E-state index in [0.29, 0.717) is 11.1 Å². The Morgan fingerprint density at radius 3 is 1.91 bits per heavy atom. The van der Waals surface area contributed by atoms with Gasteiger partial charge in [-0.1, -0.05) is 54.6 Å². The Morgan fingerprint density at radius 1 is 0.477 bits per heavy atom. The Balaban J connectivity index is 1.37. The van der Waals surface area contributed by atoms with Crippen LogP contribution in [0, 0.1) is 22.7 Å². The van der Waals surface area contributed by atoms with Crippen LogP contribution in [0.15, 0.2) is 127 Å². The van der Waals surface area contributed by atoms with Gasteiger partial charge in [-0.25, -0.2) is 0 Å². The Labute approximate surface area is 253 Å². The lowest BCUT2D eigenvalue weighted by atomic mass is 10.0. The molecular formula is C39H24N4O. The van der Waals surface area contributed by atoms with Gasteiger partial charge in [0.25, 0.3) is 0 Å². The molecule has 206 valence electrons. The average Bonchev–Trinajstić information content (AvgIpc) is 3.59. The summed E-state index contributed by atoms with van der Waals surface area (Å²) in [5.41, 5.74) is 9.22. The zero-order valence-corrected chi connectivity index (χ0v) is 23.8. The Morgan fingerprint density at radius 2 is 1.11 bits per heavy atom. The lowest BCUT2D eigenvalue weighted by Gasteiger charge is -2.10. The van der Waals surface area contributed by atoms with Crippen LogP contribution in [0.3, 0.4) is 0 Å². The highest BCUT2D eigenvalue weighted by Crippen LogP contribution is 2.39. The van der Waals surface area contributed by atoms with E-state index in [2.05, 4.69) is 112 Å². The van der Waals surface area contributed by atoms with Crippen LogP contribution in [0.25, 0.3) is 66.1 Å². The third-order valence-electron chi connectivity index (χ3n) is 8.50. The summed E-state index contributed by atoms with van der Waals surface area (Å²) in [4.78, 5) is 0. The van der Waals surface area contributed by atoms with Gasteiger partial charge in [-0.3, -0.25) is 0 Å². The molecule has 0 aliphatic rings. The summed E-state index contributed by atoms with van der Waals surface area (Å²) in [6.07, 6.45) is 0. The Bertz CT molecular complexity index is 2510. The van der Waals surface area contributed by atoms with Gasteiger partial charge in [-0.05, 0) is 83.9 Å². The molecule has 0 aliphatic heterocycles. The van der Waals surface area contributed by atoms with Gasteiger partial charge in [0.2, 0.25) is 0 Å². The molecule has 0 aliphatic carbocycles. The van der Waals surface area contributed by atoms with Crippen LogP contribution in [0.1, 0.15) is 11.1 Å². The molecule has 5 nitrogen and oxygen atoms in total. The fourth-order valence-electron chi connectivity index (χ4n) is 6.45.